The molecule has 2 nitrogen and oxygen atoms in total. The Kier molecular flexibility index (Phi) is 7.14. The fourth-order valence-corrected chi connectivity index (χ4v) is 9.97. The SMILES string of the molecule is [2H]c1c([2H])c(N(c2c([2H])c([2H])c(-c3c(-c4ccccc4)c4ccccc4c4ccccc34)c([2H])c2[2H])c2cc3ccccc3c3ccccc23)c([2H])c([2H])c1-c1ccc2c(c1)c1ccccc1n2-c1ccccc1. The highest BCUT2D eigenvalue weighted by Crippen LogP contribution is 2.47. The lowest BCUT2D eigenvalue weighted by Gasteiger charge is -2.28. The average molecular weight is 847 g/mol. The van der Waals surface area contributed by atoms with E-state index in [4.69, 9.17) is 0 Å². The highest BCUT2D eigenvalue weighted by molar-refractivity contribution is 6.22. The second-order valence-electron chi connectivity index (χ2n) is 16.6. The molecule has 308 valence electrons. The molecule has 0 aliphatic carbocycles. The molecule has 0 N–H and O–H groups in total. The highest BCUT2D eigenvalue weighted by atomic mass is 15.1. The van der Waals surface area contributed by atoms with Crippen LogP contribution in [0, 0.1) is 0 Å². The predicted molar refractivity (Wildman–Crippen MR) is 282 cm³/mol. The Morgan fingerprint density at radius 3 is 1.42 bits per heavy atom. The second-order valence-corrected chi connectivity index (χ2v) is 16.6. The maximum absolute atomic E-state index is 10.2. The summed E-state index contributed by atoms with van der Waals surface area (Å²) in [5.74, 6) is 0. The fourth-order valence-electron chi connectivity index (χ4n) is 9.97. The van der Waals surface area contributed by atoms with Crippen LogP contribution in [-0.2, 0) is 0 Å². The van der Waals surface area contributed by atoms with Crippen LogP contribution in [0.5, 0.6) is 0 Å². The topological polar surface area (TPSA) is 8.17 Å². The zero-order valence-corrected chi connectivity index (χ0v) is 35.5. The zero-order valence-electron chi connectivity index (χ0n) is 43.5. The summed E-state index contributed by atoms with van der Waals surface area (Å²) in [4.78, 5) is 1.44. The second kappa shape index (κ2) is 15.5. The molecule has 1 heterocycles. The highest BCUT2D eigenvalue weighted by Gasteiger charge is 2.21. The minimum atomic E-state index is -0.407. The van der Waals surface area contributed by atoms with Crippen molar-refractivity contribution in [3.8, 4) is 39.1 Å². The van der Waals surface area contributed by atoms with Crippen molar-refractivity contribution in [2.24, 2.45) is 0 Å². The van der Waals surface area contributed by atoms with Gasteiger partial charge in [0, 0.05) is 33.2 Å². The van der Waals surface area contributed by atoms with E-state index in [1.54, 1.807) is 0 Å². The van der Waals surface area contributed by atoms with Crippen LogP contribution >= 0.6 is 0 Å². The van der Waals surface area contributed by atoms with Crippen LogP contribution in [0.3, 0.4) is 0 Å². The summed E-state index contributed by atoms with van der Waals surface area (Å²) in [5, 5.41) is 8.57. The summed E-state index contributed by atoms with van der Waals surface area (Å²) in [6.45, 7) is 0. The molecule has 0 bridgehead atoms. The molecule has 0 unspecified atom stereocenters. The minimum Gasteiger partial charge on any atom is -0.310 e. The molecule has 0 radical (unpaired) electrons. The van der Waals surface area contributed by atoms with Crippen molar-refractivity contribution < 1.29 is 11.0 Å². The lowest BCUT2D eigenvalue weighted by molar-refractivity contribution is 1.18. The maximum Gasteiger partial charge on any atom is 0.0645 e. The van der Waals surface area contributed by atoms with Gasteiger partial charge in [-0.2, -0.15) is 0 Å². The van der Waals surface area contributed by atoms with Crippen molar-refractivity contribution in [3.05, 3.63) is 255 Å². The molecular weight excluding hydrogens is 797 g/mol. The van der Waals surface area contributed by atoms with Crippen LogP contribution in [0.2, 0.25) is 0 Å². The van der Waals surface area contributed by atoms with Gasteiger partial charge in [-0.15, -0.1) is 0 Å². The monoisotopic (exact) mass is 846 g/mol. The van der Waals surface area contributed by atoms with Crippen LogP contribution in [0.25, 0.3) is 104 Å². The Morgan fingerprint density at radius 2 is 0.773 bits per heavy atom. The van der Waals surface area contributed by atoms with Crippen molar-refractivity contribution in [3.63, 3.8) is 0 Å². The smallest absolute Gasteiger partial charge is 0.0645 e. The molecule has 0 saturated heterocycles. The molecule has 0 aliphatic rings. The summed E-state index contributed by atoms with van der Waals surface area (Å²) in [7, 11) is 0. The van der Waals surface area contributed by atoms with Crippen LogP contribution in [-0.4, -0.2) is 4.57 Å². The molecule has 2 heteroatoms. The van der Waals surface area contributed by atoms with Crippen LogP contribution in [0.4, 0.5) is 17.1 Å². The number of anilines is 3. The maximum atomic E-state index is 10.2. The summed E-state index contributed by atoms with van der Waals surface area (Å²) in [6, 6.07) is 64.0. The molecule has 13 aromatic rings. The molecule has 13 rings (SSSR count). The first-order valence-electron chi connectivity index (χ1n) is 26.1. The summed E-state index contributed by atoms with van der Waals surface area (Å²) >= 11 is 0. The molecule has 1 aromatic heterocycles. The lowest BCUT2D eigenvalue weighted by atomic mass is 9.85. The van der Waals surface area contributed by atoms with Crippen molar-refractivity contribution in [1.29, 1.82) is 0 Å². The van der Waals surface area contributed by atoms with Crippen LogP contribution in [0.1, 0.15) is 11.0 Å². The van der Waals surface area contributed by atoms with E-state index in [1.165, 1.54) is 4.90 Å². The van der Waals surface area contributed by atoms with Crippen molar-refractivity contribution in [2.75, 3.05) is 4.90 Å². The Morgan fingerprint density at radius 1 is 0.303 bits per heavy atom. The first-order chi connectivity index (χ1) is 36.1. The third kappa shape index (κ3) is 6.11. The van der Waals surface area contributed by atoms with Crippen molar-refractivity contribution in [2.45, 2.75) is 0 Å². The molecule has 12 aromatic carbocycles. The Balaban J connectivity index is 1.10. The summed E-state index contributed by atoms with van der Waals surface area (Å²) in [6.07, 6.45) is 0. The molecule has 0 saturated carbocycles. The number of hydrogen-bond donors (Lipinski definition) is 0. The minimum absolute atomic E-state index is 0.0945. The fraction of sp³-hybridized carbons (Fsp3) is 0. The standard InChI is InChI=1S/C64H42N2/c1-3-17-44(18-4-1)63-57-28-13-10-24-53(57)54-25-11-14-29-58(54)64(63)45-33-38-50(39-34-45)65(62-42-47-19-7-8-22-51(47)52-23-9-12-26-55(52)62)49-36-31-43(32-37-49)46-35-40-61-59(41-46)56-27-15-16-30-60(56)66(61)48-20-5-2-6-21-48/h1-42H/i31D,32D,33D,34D,36D,37D,38D,39D. The molecule has 0 spiro atoms. The van der Waals surface area contributed by atoms with Gasteiger partial charge in [-0.25, -0.2) is 0 Å². The van der Waals surface area contributed by atoms with Gasteiger partial charge < -0.3 is 9.47 Å². The summed E-state index contributed by atoms with van der Waals surface area (Å²) < 4.78 is 82.3. The number of benzene rings is 12. The van der Waals surface area contributed by atoms with Crippen molar-refractivity contribution >= 4 is 82.0 Å². The van der Waals surface area contributed by atoms with E-state index in [9.17, 15) is 11.0 Å². The molecule has 66 heavy (non-hydrogen) atoms. The molecule has 0 fully saturated rings. The van der Waals surface area contributed by atoms with E-state index < -0.39 is 24.2 Å². The Labute approximate surface area is 394 Å². The number of para-hydroxylation sites is 2. The predicted octanol–water partition coefficient (Wildman–Crippen LogP) is 17.9. The summed E-state index contributed by atoms with van der Waals surface area (Å²) in [5.41, 5.74) is 5.69. The number of aromatic nitrogens is 1. The van der Waals surface area contributed by atoms with Gasteiger partial charge in [0.2, 0.25) is 0 Å². The zero-order chi connectivity index (χ0) is 50.5. The third-order valence-electron chi connectivity index (χ3n) is 12.9. The quantitative estimate of drug-likeness (QED) is 0.145. The average Bonchev–Trinajstić information content (AvgIpc) is 3.78. The van der Waals surface area contributed by atoms with Crippen molar-refractivity contribution in [1.82, 2.24) is 4.57 Å². The van der Waals surface area contributed by atoms with Gasteiger partial charge in [0.05, 0.1) is 27.7 Å². The number of hydrogen-bond acceptors (Lipinski definition) is 1. The van der Waals surface area contributed by atoms with Crippen LogP contribution in [0.15, 0.2) is 255 Å². The number of fused-ring (bicyclic) bond motifs is 9. The Bertz CT molecular complexity index is 4420. The number of rotatable bonds is 7. The largest absolute Gasteiger partial charge is 0.310 e. The van der Waals surface area contributed by atoms with E-state index in [0.717, 1.165) is 76.3 Å². The Hall–Kier alpha value is -8.72. The van der Waals surface area contributed by atoms with Gasteiger partial charge in [-0.3, -0.25) is 0 Å². The van der Waals surface area contributed by atoms with Gasteiger partial charge in [-0.1, -0.05) is 194 Å². The van der Waals surface area contributed by atoms with Gasteiger partial charge >= 0.3 is 0 Å². The van der Waals surface area contributed by atoms with Crippen LogP contribution < -0.4 is 4.90 Å². The first kappa shape index (κ1) is 30.4. The lowest BCUT2D eigenvalue weighted by Crippen LogP contribution is -2.10. The molecule has 0 amide bonds. The van der Waals surface area contributed by atoms with Gasteiger partial charge in [0.15, 0.2) is 0 Å². The molecule has 0 atom stereocenters. The molecule has 0 aliphatic heterocycles. The van der Waals surface area contributed by atoms with Gasteiger partial charge in [0.25, 0.3) is 0 Å². The van der Waals surface area contributed by atoms with Gasteiger partial charge in [-0.05, 0) is 132 Å². The van der Waals surface area contributed by atoms with E-state index in [0.29, 0.717) is 22.2 Å². The van der Waals surface area contributed by atoms with E-state index >= 15 is 0 Å². The van der Waals surface area contributed by atoms with E-state index in [2.05, 4.69) is 16.7 Å². The third-order valence-corrected chi connectivity index (χ3v) is 12.9. The van der Waals surface area contributed by atoms with E-state index in [-0.39, 0.29) is 46.7 Å². The first-order valence-corrected chi connectivity index (χ1v) is 22.1. The van der Waals surface area contributed by atoms with E-state index in [1.807, 2.05) is 194 Å². The molecular formula is C64H42N2. The number of nitrogens with zero attached hydrogens (tertiary/aromatic N) is 2. The van der Waals surface area contributed by atoms with Gasteiger partial charge in [0.1, 0.15) is 0 Å². The normalized spacial score (nSPS) is 13.3.